The predicted molar refractivity (Wildman–Crippen MR) is 66.5 cm³/mol. The Morgan fingerprint density at radius 3 is 2.79 bits per heavy atom. The Kier molecular flexibility index (Phi) is 3.06. The summed E-state index contributed by atoms with van der Waals surface area (Å²) in [5.41, 5.74) is 0.727. The molecule has 102 valence electrons. The number of oxazole rings is 1. The van der Waals surface area contributed by atoms with Crippen molar-refractivity contribution in [2.75, 3.05) is 4.72 Å². The minimum Gasteiger partial charge on any atom is -0.480 e. The number of rotatable bonds is 4. The van der Waals surface area contributed by atoms with Crippen molar-refractivity contribution in [2.24, 2.45) is 0 Å². The van der Waals surface area contributed by atoms with Gasteiger partial charge in [-0.2, -0.15) is 0 Å². The maximum absolute atomic E-state index is 11.7. The topological polar surface area (TPSA) is 129 Å². The van der Waals surface area contributed by atoms with Crippen LogP contribution >= 0.6 is 0 Å². The molecular weight excluding hydrogens is 276 g/mol. The molecular formula is C10H10N2O6S. The quantitative estimate of drug-likeness (QED) is 0.743. The fourth-order valence-corrected chi connectivity index (χ4v) is 2.30. The SMILES string of the molecule is CC(C(=O)O)S(=O)(=O)Nc1ccc2oc(=O)[nH]c2c1. The average molecular weight is 286 g/mol. The molecule has 1 atom stereocenters. The highest BCUT2D eigenvalue weighted by atomic mass is 32.2. The molecule has 0 saturated carbocycles. The molecule has 9 heteroatoms. The van der Waals surface area contributed by atoms with Gasteiger partial charge in [0, 0.05) is 0 Å². The molecule has 1 aromatic heterocycles. The molecule has 0 amide bonds. The highest BCUT2D eigenvalue weighted by molar-refractivity contribution is 7.94. The summed E-state index contributed by atoms with van der Waals surface area (Å²) in [4.78, 5) is 24.0. The van der Waals surface area contributed by atoms with E-state index in [2.05, 4.69) is 9.71 Å². The minimum absolute atomic E-state index is 0.137. The number of carbonyl (C=O) groups is 1. The Hall–Kier alpha value is -2.29. The molecule has 2 rings (SSSR count). The molecule has 0 radical (unpaired) electrons. The van der Waals surface area contributed by atoms with E-state index in [9.17, 15) is 18.0 Å². The number of hydrogen-bond donors (Lipinski definition) is 3. The molecule has 0 spiro atoms. The van der Waals surface area contributed by atoms with Crippen LogP contribution in [0, 0.1) is 0 Å². The van der Waals surface area contributed by atoms with E-state index < -0.39 is 27.0 Å². The summed E-state index contributed by atoms with van der Waals surface area (Å²) >= 11 is 0. The molecule has 1 heterocycles. The van der Waals surface area contributed by atoms with Crippen LogP contribution in [0.4, 0.5) is 5.69 Å². The van der Waals surface area contributed by atoms with E-state index in [-0.39, 0.29) is 11.3 Å². The van der Waals surface area contributed by atoms with Crippen LogP contribution in [-0.2, 0) is 14.8 Å². The van der Waals surface area contributed by atoms with Gasteiger partial charge in [-0.05, 0) is 25.1 Å². The molecule has 0 aliphatic carbocycles. The van der Waals surface area contributed by atoms with Gasteiger partial charge in [-0.1, -0.05) is 0 Å². The number of fused-ring (bicyclic) bond motifs is 1. The van der Waals surface area contributed by atoms with Crippen molar-refractivity contribution in [2.45, 2.75) is 12.2 Å². The van der Waals surface area contributed by atoms with Crippen molar-refractivity contribution in [3.63, 3.8) is 0 Å². The third-order valence-electron chi connectivity index (χ3n) is 2.49. The Balaban J connectivity index is 2.35. The maximum Gasteiger partial charge on any atom is 0.417 e. The summed E-state index contributed by atoms with van der Waals surface area (Å²) in [6.45, 7) is 1.06. The van der Waals surface area contributed by atoms with E-state index in [1.807, 2.05) is 0 Å². The molecule has 2 aromatic rings. The normalized spacial score (nSPS) is 13.3. The molecule has 0 bridgehead atoms. The zero-order valence-electron chi connectivity index (χ0n) is 9.71. The van der Waals surface area contributed by atoms with Gasteiger partial charge in [0.1, 0.15) is 0 Å². The number of anilines is 1. The lowest BCUT2D eigenvalue weighted by molar-refractivity contribution is -0.136. The summed E-state index contributed by atoms with van der Waals surface area (Å²) in [6.07, 6.45) is 0. The van der Waals surface area contributed by atoms with Crippen molar-refractivity contribution < 1.29 is 22.7 Å². The highest BCUT2D eigenvalue weighted by Gasteiger charge is 2.27. The molecule has 0 saturated heterocycles. The van der Waals surface area contributed by atoms with Crippen LogP contribution in [0.5, 0.6) is 0 Å². The number of hydrogen-bond acceptors (Lipinski definition) is 5. The fraction of sp³-hybridized carbons (Fsp3) is 0.200. The van der Waals surface area contributed by atoms with Crippen molar-refractivity contribution in [1.29, 1.82) is 0 Å². The van der Waals surface area contributed by atoms with E-state index in [0.29, 0.717) is 5.52 Å². The summed E-state index contributed by atoms with van der Waals surface area (Å²) in [6, 6.07) is 4.11. The van der Waals surface area contributed by atoms with Crippen molar-refractivity contribution >= 4 is 32.8 Å². The third kappa shape index (κ3) is 2.60. The standard InChI is InChI=1S/C10H10N2O6S/c1-5(9(13)14)19(16,17)12-6-2-3-8-7(4-6)11-10(15)18-8/h2-5,12H,1H3,(H,11,15)(H,13,14). The number of sulfonamides is 1. The van der Waals surface area contributed by atoms with Gasteiger partial charge in [-0.25, -0.2) is 13.2 Å². The van der Waals surface area contributed by atoms with Crippen molar-refractivity contribution in [1.82, 2.24) is 4.98 Å². The first-order valence-corrected chi connectivity index (χ1v) is 6.71. The van der Waals surface area contributed by atoms with Gasteiger partial charge >= 0.3 is 11.7 Å². The van der Waals surface area contributed by atoms with E-state index in [1.165, 1.54) is 18.2 Å². The van der Waals surface area contributed by atoms with E-state index >= 15 is 0 Å². The first-order chi connectivity index (χ1) is 8.79. The smallest absolute Gasteiger partial charge is 0.417 e. The second-order valence-electron chi connectivity index (χ2n) is 3.85. The monoisotopic (exact) mass is 286 g/mol. The summed E-state index contributed by atoms with van der Waals surface area (Å²) in [5.74, 6) is -2.11. The zero-order valence-corrected chi connectivity index (χ0v) is 10.5. The first-order valence-electron chi connectivity index (χ1n) is 5.17. The Labute approximate surface area is 107 Å². The average Bonchev–Trinajstić information content (AvgIpc) is 2.66. The van der Waals surface area contributed by atoms with Gasteiger partial charge in [0.25, 0.3) is 0 Å². The molecule has 0 aliphatic heterocycles. The molecule has 3 N–H and O–H groups in total. The largest absolute Gasteiger partial charge is 0.480 e. The van der Waals surface area contributed by atoms with Gasteiger partial charge in [0.2, 0.25) is 10.0 Å². The zero-order chi connectivity index (χ0) is 14.2. The van der Waals surface area contributed by atoms with Gasteiger partial charge in [-0.15, -0.1) is 0 Å². The molecule has 0 fully saturated rings. The van der Waals surface area contributed by atoms with E-state index in [4.69, 9.17) is 9.52 Å². The molecule has 1 aromatic carbocycles. The fourth-order valence-electron chi connectivity index (χ4n) is 1.40. The molecule has 8 nitrogen and oxygen atoms in total. The van der Waals surface area contributed by atoms with Crippen LogP contribution in [0.1, 0.15) is 6.92 Å². The Bertz CT molecular complexity index is 788. The summed E-state index contributed by atoms with van der Waals surface area (Å²) in [7, 11) is -4.05. The van der Waals surface area contributed by atoms with Crippen LogP contribution in [-0.4, -0.2) is 29.7 Å². The van der Waals surface area contributed by atoms with E-state index in [0.717, 1.165) is 6.92 Å². The van der Waals surface area contributed by atoms with Gasteiger partial charge in [-0.3, -0.25) is 14.5 Å². The second-order valence-corrected chi connectivity index (χ2v) is 5.85. The van der Waals surface area contributed by atoms with Gasteiger partial charge < -0.3 is 9.52 Å². The van der Waals surface area contributed by atoms with Crippen LogP contribution in [0.25, 0.3) is 11.1 Å². The summed E-state index contributed by atoms with van der Waals surface area (Å²) < 4.78 is 30.3. The summed E-state index contributed by atoms with van der Waals surface area (Å²) in [5, 5.41) is 7.10. The van der Waals surface area contributed by atoms with Crippen molar-refractivity contribution in [3.05, 3.63) is 28.7 Å². The number of aliphatic carboxylic acids is 1. The molecule has 19 heavy (non-hydrogen) atoms. The maximum atomic E-state index is 11.7. The van der Waals surface area contributed by atoms with Crippen LogP contribution < -0.4 is 10.5 Å². The first kappa shape index (κ1) is 13.1. The predicted octanol–water partition coefficient (Wildman–Crippen LogP) is 0.336. The lowest BCUT2D eigenvalue weighted by Gasteiger charge is -2.10. The number of nitrogens with one attached hydrogen (secondary N) is 2. The second kappa shape index (κ2) is 4.43. The van der Waals surface area contributed by atoms with Crippen LogP contribution in [0.3, 0.4) is 0 Å². The number of aromatic amines is 1. The molecule has 0 aliphatic rings. The van der Waals surface area contributed by atoms with Gasteiger partial charge in [0.05, 0.1) is 11.2 Å². The number of H-pyrrole nitrogens is 1. The Morgan fingerprint density at radius 2 is 2.16 bits per heavy atom. The number of carboxylic acid groups (broad SMARTS) is 1. The highest BCUT2D eigenvalue weighted by Crippen LogP contribution is 2.18. The van der Waals surface area contributed by atoms with Gasteiger partial charge in [0.15, 0.2) is 10.8 Å². The Morgan fingerprint density at radius 1 is 1.47 bits per heavy atom. The lowest BCUT2D eigenvalue weighted by Crippen LogP contribution is -2.32. The van der Waals surface area contributed by atoms with Crippen molar-refractivity contribution in [3.8, 4) is 0 Å². The number of carboxylic acids is 1. The van der Waals surface area contributed by atoms with Crippen LogP contribution in [0.15, 0.2) is 27.4 Å². The third-order valence-corrected chi connectivity index (χ3v) is 4.15. The van der Waals surface area contributed by atoms with Crippen LogP contribution in [0.2, 0.25) is 0 Å². The minimum atomic E-state index is -4.05. The number of benzene rings is 1. The van der Waals surface area contributed by atoms with E-state index in [1.54, 1.807) is 0 Å². The number of aromatic nitrogens is 1. The molecule has 1 unspecified atom stereocenters. The lowest BCUT2D eigenvalue weighted by atomic mass is 10.3.